The van der Waals surface area contributed by atoms with Gasteiger partial charge in [0.05, 0.1) is 0 Å². The summed E-state index contributed by atoms with van der Waals surface area (Å²) in [6, 6.07) is 39.1. The van der Waals surface area contributed by atoms with Crippen LogP contribution in [-0.2, 0) is 23.0 Å². The molecule has 4 heteroatoms. The molecule has 204 valence electrons. The number of aryl methyl sites for hydroxylation is 4. The van der Waals surface area contributed by atoms with Gasteiger partial charge in [-0.1, -0.05) is 121 Å². The third-order valence-corrected chi connectivity index (χ3v) is 6.86. The van der Waals surface area contributed by atoms with Crippen molar-refractivity contribution in [2.75, 3.05) is 0 Å². The molecule has 0 amide bonds. The number of hydrogen-bond acceptors (Lipinski definition) is 0. The fourth-order valence-electron chi connectivity index (χ4n) is 4.78. The smallest absolute Gasteiger partial charge is 0.0469 e. The molecule has 0 N–H and O–H groups in total. The molecule has 6 aromatic carbocycles. The van der Waals surface area contributed by atoms with Crippen LogP contribution in [0.15, 0.2) is 109 Å². The molecule has 0 aromatic heterocycles. The van der Waals surface area contributed by atoms with Crippen LogP contribution < -0.4 is 24.8 Å². The van der Waals surface area contributed by atoms with Gasteiger partial charge >= 0.3 is 41.6 Å². The van der Waals surface area contributed by atoms with Gasteiger partial charge in [-0.25, -0.2) is 0 Å². The molecule has 0 fully saturated rings. The molecule has 0 bridgehead atoms. The van der Waals surface area contributed by atoms with Gasteiger partial charge in [-0.3, -0.25) is 0 Å². The van der Waals surface area contributed by atoms with Crippen LogP contribution in [0.25, 0.3) is 43.8 Å². The van der Waals surface area contributed by atoms with E-state index in [4.69, 9.17) is 0 Å². The van der Waals surface area contributed by atoms with Crippen molar-refractivity contribution in [2.24, 2.45) is 0 Å². The van der Waals surface area contributed by atoms with E-state index in [-0.39, 0.29) is 30.3 Å². The maximum absolute atomic E-state index is 2.33. The Kier molecular flexibility index (Phi) is 13.3. The molecule has 0 heterocycles. The Bertz CT molecular complexity index is 1480. The molecule has 6 aromatic rings. The van der Waals surface area contributed by atoms with E-state index in [2.05, 4.69) is 150 Å². The van der Waals surface area contributed by atoms with Crippen LogP contribution in [0.2, 0.25) is 13.1 Å². The standard InChI is InChI=1S/2C17H15.C2H6Si.2ClH.Hf/c2*1-12-8-9-13(2)17-11-15(10-16(12)17)14-6-4-3-5-7-14;1-3-2;;;/h2*3-11H,1-2H3;1-2H3;2*1H;/q2*-1;;;;+2/p-2. The normalized spacial score (nSPS) is 10.0. The summed E-state index contributed by atoms with van der Waals surface area (Å²) in [5, 5.41) is 5.51. The zero-order valence-corrected chi connectivity index (χ0v) is 30.3. The van der Waals surface area contributed by atoms with Crippen molar-refractivity contribution in [2.45, 2.75) is 40.8 Å². The van der Waals surface area contributed by atoms with Gasteiger partial charge in [0.15, 0.2) is 0 Å². The van der Waals surface area contributed by atoms with Crippen LogP contribution in [0.3, 0.4) is 0 Å². The van der Waals surface area contributed by atoms with E-state index < -0.39 is 0 Å². The molecular formula is C36H36Cl2HfSi-2. The summed E-state index contributed by atoms with van der Waals surface area (Å²) in [4.78, 5) is 0. The minimum atomic E-state index is 0. The zero-order chi connectivity index (χ0) is 27.2. The van der Waals surface area contributed by atoms with Crippen LogP contribution in [0.1, 0.15) is 22.3 Å². The van der Waals surface area contributed by atoms with Crippen molar-refractivity contribution in [1.82, 2.24) is 0 Å². The fourth-order valence-corrected chi connectivity index (χ4v) is 4.78. The first kappa shape index (κ1) is 34.0. The SMILES string of the molecule is C[Si](C)=[Hf+2].Cc1ccc(C)c2[cH-]c(-c3ccccc3)cc12.Cc1ccc(C)c2[cH-]c(-c3ccccc3)cc12.[Cl-].[Cl-]. The maximum Gasteiger partial charge on any atom is -0.0469 e. The first-order valence-electron chi connectivity index (χ1n) is 13.2. The summed E-state index contributed by atoms with van der Waals surface area (Å²) in [7, 11) is 0. The largest absolute Gasteiger partial charge is 1.00 e. The molecule has 0 atom stereocenters. The Labute approximate surface area is 267 Å². The molecule has 0 aliphatic heterocycles. The average molecular weight is 746 g/mol. The van der Waals surface area contributed by atoms with Crippen molar-refractivity contribution < 1.29 is 47.8 Å². The molecule has 0 radical (unpaired) electrons. The van der Waals surface area contributed by atoms with Crippen LogP contribution in [-0.4, -0.2) is 5.49 Å². The molecule has 40 heavy (non-hydrogen) atoms. The first-order valence-corrected chi connectivity index (χ1v) is 21.1. The van der Waals surface area contributed by atoms with Crippen LogP contribution in [0, 0.1) is 27.7 Å². The summed E-state index contributed by atoms with van der Waals surface area (Å²) < 4.78 is 0. The van der Waals surface area contributed by atoms with E-state index in [9.17, 15) is 0 Å². The Hall–Kier alpha value is -2.23. The van der Waals surface area contributed by atoms with Gasteiger partial charge in [0.2, 0.25) is 0 Å². The molecule has 0 aliphatic rings. The Morgan fingerprint density at radius 2 is 0.800 bits per heavy atom. The van der Waals surface area contributed by atoms with Gasteiger partial charge in [-0.05, 0) is 13.8 Å². The minimum absolute atomic E-state index is 0. The summed E-state index contributed by atoms with van der Waals surface area (Å²) >= 11 is 1.45. The summed E-state index contributed by atoms with van der Waals surface area (Å²) in [6.07, 6.45) is 0. The fraction of sp³-hybridized carbons (Fsp3) is 0.167. The van der Waals surface area contributed by atoms with Crippen molar-refractivity contribution in [1.29, 1.82) is 0 Å². The van der Waals surface area contributed by atoms with Crippen molar-refractivity contribution in [3.8, 4) is 22.3 Å². The molecular weight excluding hydrogens is 710 g/mol. The number of fused-ring (bicyclic) bond motifs is 2. The molecule has 0 aliphatic carbocycles. The quantitative estimate of drug-likeness (QED) is 0.182. The van der Waals surface area contributed by atoms with E-state index in [1.54, 1.807) is 0 Å². The molecule has 0 nitrogen and oxygen atoms in total. The predicted octanol–water partition coefficient (Wildman–Crippen LogP) is 4.48. The Balaban J connectivity index is 0.000000237. The van der Waals surface area contributed by atoms with Crippen molar-refractivity contribution >= 4 is 27.0 Å². The van der Waals surface area contributed by atoms with E-state index >= 15 is 0 Å². The molecule has 0 spiro atoms. The number of hydrogen-bond donors (Lipinski definition) is 0. The van der Waals surface area contributed by atoms with Gasteiger partial charge in [0, 0.05) is 0 Å². The predicted molar refractivity (Wildman–Crippen MR) is 166 cm³/mol. The van der Waals surface area contributed by atoms with Gasteiger partial charge in [-0.15, -0.1) is 68.1 Å². The van der Waals surface area contributed by atoms with Gasteiger partial charge < -0.3 is 24.8 Å². The van der Waals surface area contributed by atoms with Crippen molar-refractivity contribution in [3.63, 3.8) is 0 Å². The summed E-state index contributed by atoms with van der Waals surface area (Å²) in [5.74, 6) is 0. The van der Waals surface area contributed by atoms with E-state index in [0.717, 1.165) is 0 Å². The monoisotopic (exact) mass is 746 g/mol. The number of halogens is 2. The first-order chi connectivity index (χ1) is 18.2. The van der Waals surface area contributed by atoms with Crippen LogP contribution >= 0.6 is 0 Å². The second kappa shape index (κ2) is 15.7. The summed E-state index contributed by atoms with van der Waals surface area (Å²) in [5.41, 5.74) is 10.9. The third-order valence-electron chi connectivity index (χ3n) is 6.86. The second-order valence-corrected chi connectivity index (χ2v) is 23.1. The topological polar surface area (TPSA) is 0 Å². The number of rotatable bonds is 2. The van der Waals surface area contributed by atoms with E-state index in [1.807, 2.05) is 0 Å². The van der Waals surface area contributed by atoms with Gasteiger partial charge in [-0.2, -0.15) is 0 Å². The van der Waals surface area contributed by atoms with E-state index in [0.29, 0.717) is 0 Å². The van der Waals surface area contributed by atoms with Gasteiger partial charge in [0.1, 0.15) is 0 Å². The zero-order valence-electron chi connectivity index (χ0n) is 24.1. The summed E-state index contributed by atoms with van der Waals surface area (Å²) in [6.45, 7) is 13.4. The van der Waals surface area contributed by atoms with Crippen LogP contribution in [0.4, 0.5) is 0 Å². The average Bonchev–Trinajstić information content (AvgIpc) is 3.57. The van der Waals surface area contributed by atoms with Crippen LogP contribution in [0.5, 0.6) is 0 Å². The minimum Gasteiger partial charge on any atom is -1.00 e. The van der Waals surface area contributed by atoms with Gasteiger partial charge in [0.25, 0.3) is 0 Å². The van der Waals surface area contributed by atoms with Crippen molar-refractivity contribution in [3.05, 3.63) is 131 Å². The Morgan fingerprint density at radius 1 is 0.500 bits per heavy atom. The maximum atomic E-state index is 2.33. The second-order valence-electron chi connectivity index (χ2n) is 10.3. The number of benzene rings is 4. The molecule has 0 unspecified atom stereocenters. The molecule has 6 rings (SSSR count). The molecule has 0 saturated heterocycles. The Morgan fingerprint density at radius 3 is 1.10 bits per heavy atom. The third kappa shape index (κ3) is 8.39. The van der Waals surface area contributed by atoms with E-state index in [1.165, 1.54) is 89.1 Å². The molecule has 0 saturated carbocycles.